The molecule has 0 aliphatic carbocycles. The van der Waals surface area contributed by atoms with E-state index in [0.717, 1.165) is 18.7 Å². The third-order valence-electron chi connectivity index (χ3n) is 2.42. The van der Waals surface area contributed by atoms with Gasteiger partial charge < -0.3 is 15.6 Å². The third-order valence-corrected chi connectivity index (χ3v) is 2.42. The number of aromatic nitrogens is 1. The predicted molar refractivity (Wildman–Crippen MR) is 67.1 cm³/mol. The van der Waals surface area contributed by atoms with Crippen LogP contribution in [0.3, 0.4) is 0 Å². The summed E-state index contributed by atoms with van der Waals surface area (Å²) >= 11 is 0. The summed E-state index contributed by atoms with van der Waals surface area (Å²) in [7, 11) is 3.61. The second-order valence-electron chi connectivity index (χ2n) is 3.86. The Balaban J connectivity index is 2.39. The minimum absolute atomic E-state index is 0.0534. The molecule has 4 N–H and O–H groups in total. The van der Waals surface area contributed by atoms with E-state index in [1.807, 2.05) is 19.2 Å². The van der Waals surface area contributed by atoms with Crippen LogP contribution in [0.4, 0.5) is 5.82 Å². The van der Waals surface area contributed by atoms with E-state index in [-0.39, 0.29) is 5.91 Å². The van der Waals surface area contributed by atoms with E-state index in [2.05, 4.69) is 20.6 Å². The average molecular weight is 237 g/mol. The quantitative estimate of drug-likeness (QED) is 0.477. The fourth-order valence-electron chi connectivity index (χ4n) is 1.41. The van der Waals surface area contributed by atoms with Gasteiger partial charge in [-0.15, -0.1) is 0 Å². The monoisotopic (exact) mass is 237 g/mol. The standard InChI is InChI=1S/C11H19N5O/c1-13-11(17)5-6-16(2)8-9-3-4-10(15-12)14-7-9/h3-4,7H,5-6,8,12H2,1-2H3,(H,13,17)(H,14,15). The summed E-state index contributed by atoms with van der Waals surface area (Å²) in [5.74, 6) is 5.92. The lowest BCUT2D eigenvalue weighted by molar-refractivity contribution is -0.120. The Kier molecular flexibility index (Phi) is 5.38. The first-order chi connectivity index (χ1) is 8.15. The van der Waals surface area contributed by atoms with Crippen LogP contribution in [0, 0.1) is 0 Å². The van der Waals surface area contributed by atoms with Gasteiger partial charge in [0.1, 0.15) is 5.82 Å². The van der Waals surface area contributed by atoms with Crippen molar-refractivity contribution < 1.29 is 4.79 Å². The van der Waals surface area contributed by atoms with E-state index < -0.39 is 0 Å². The molecule has 0 atom stereocenters. The molecule has 0 aliphatic rings. The number of nitrogen functional groups attached to an aromatic ring is 1. The van der Waals surface area contributed by atoms with Crippen LogP contribution in [0.15, 0.2) is 18.3 Å². The average Bonchev–Trinajstić information content (AvgIpc) is 2.36. The summed E-state index contributed by atoms with van der Waals surface area (Å²) < 4.78 is 0. The number of carbonyl (C=O) groups excluding carboxylic acids is 1. The Morgan fingerprint density at radius 3 is 2.82 bits per heavy atom. The number of amides is 1. The highest BCUT2D eigenvalue weighted by atomic mass is 16.1. The predicted octanol–water partition coefficient (Wildman–Crippen LogP) is -0.0649. The van der Waals surface area contributed by atoms with E-state index in [4.69, 9.17) is 5.84 Å². The van der Waals surface area contributed by atoms with Gasteiger partial charge >= 0.3 is 0 Å². The van der Waals surface area contributed by atoms with Crippen LogP contribution in [-0.4, -0.2) is 36.4 Å². The number of nitrogens with one attached hydrogen (secondary N) is 2. The van der Waals surface area contributed by atoms with Crippen molar-refractivity contribution in [2.24, 2.45) is 5.84 Å². The maximum atomic E-state index is 11.1. The minimum atomic E-state index is 0.0534. The molecule has 94 valence electrons. The molecule has 1 aromatic heterocycles. The fourth-order valence-corrected chi connectivity index (χ4v) is 1.41. The molecular weight excluding hydrogens is 218 g/mol. The first-order valence-corrected chi connectivity index (χ1v) is 5.46. The molecule has 1 rings (SSSR count). The van der Waals surface area contributed by atoms with Crippen LogP contribution < -0.4 is 16.6 Å². The second-order valence-corrected chi connectivity index (χ2v) is 3.86. The number of nitrogens with two attached hydrogens (primary N) is 1. The molecule has 0 saturated carbocycles. The minimum Gasteiger partial charge on any atom is -0.359 e. The van der Waals surface area contributed by atoms with Gasteiger partial charge in [0.2, 0.25) is 5.91 Å². The molecule has 6 heteroatoms. The first-order valence-electron chi connectivity index (χ1n) is 5.46. The van der Waals surface area contributed by atoms with Gasteiger partial charge in [-0.3, -0.25) is 4.79 Å². The van der Waals surface area contributed by atoms with Gasteiger partial charge in [0.05, 0.1) is 0 Å². The van der Waals surface area contributed by atoms with Gasteiger partial charge in [-0.25, -0.2) is 10.8 Å². The van der Waals surface area contributed by atoms with Crippen LogP contribution in [0.1, 0.15) is 12.0 Å². The number of hydrogen-bond acceptors (Lipinski definition) is 5. The molecule has 0 spiro atoms. The molecule has 0 fully saturated rings. The van der Waals surface area contributed by atoms with Crippen LogP contribution >= 0.6 is 0 Å². The first kappa shape index (κ1) is 13.4. The summed E-state index contributed by atoms with van der Waals surface area (Å²) in [6.07, 6.45) is 2.27. The van der Waals surface area contributed by atoms with Crippen LogP contribution in [0.5, 0.6) is 0 Å². The lowest BCUT2D eigenvalue weighted by atomic mass is 10.2. The summed E-state index contributed by atoms with van der Waals surface area (Å²) in [5, 5.41) is 2.60. The molecular formula is C11H19N5O. The van der Waals surface area contributed by atoms with Crippen molar-refractivity contribution in [3.63, 3.8) is 0 Å². The molecule has 17 heavy (non-hydrogen) atoms. The molecule has 1 aromatic rings. The molecule has 0 aliphatic heterocycles. The Labute approximate surface area is 101 Å². The number of rotatable bonds is 6. The smallest absolute Gasteiger partial charge is 0.221 e. The maximum absolute atomic E-state index is 11.1. The highest BCUT2D eigenvalue weighted by Crippen LogP contribution is 2.06. The zero-order valence-electron chi connectivity index (χ0n) is 10.2. The summed E-state index contributed by atoms with van der Waals surface area (Å²) in [6.45, 7) is 1.48. The molecule has 6 nitrogen and oxygen atoms in total. The van der Waals surface area contributed by atoms with E-state index >= 15 is 0 Å². The maximum Gasteiger partial charge on any atom is 0.221 e. The molecule has 0 saturated heterocycles. The van der Waals surface area contributed by atoms with Crippen LogP contribution in [0.2, 0.25) is 0 Å². The number of carbonyl (C=O) groups is 1. The van der Waals surface area contributed by atoms with Gasteiger partial charge in [0.25, 0.3) is 0 Å². The van der Waals surface area contributed by atoms with Crippen molar-refractivity contribution >= 4 is 11.7 Å². The largest absolute Gasteiger partial charge is 0.359 e. The summed E-state index contributed by atoms with van der Waals surface area (Å²) in [5.41, 5.74) is 3.56. The molecule has 1 amide bonds. The van der Waals surface area contributed by atoms with E-state index in [0.29, 0.717) is 12.2 Å². The van der Waals surface area contributed by atoms with Gasteiger partial charge in [0.15, 0.2) is 0 Å². The number of nitrogens with zero attached hydrogens (tertiary/aromatic N) is 2. The fraction of sp³-hybridized carbons (Fsp3) is 0.455. The number of anilines is 1. The van der Waals surface area contributed by atoms with Gasteiger partial charge in [0, 0.05) is 32.8 Å². The Bertz CT molecular complexity index is 351. The molecule has 0 radical (unpaired) electrons. The van der Waals surface area contributed by atoms with Gasteiger partial charge in [-0.1, -0.05) is 6.07 Å². The van der Waals surface area contributed by atoms with Crippen molar-refractivity contribution in [1.29, 1.82) is 0 Å². The Morgan fingerprint density at radius 1 is 1.53 bits per heavy atom. The normalized spacial score (nSPS) is 10.4. The summed E-state index contributed by atoms with van der Waals surface area (Å²) in [6, 6.07) is 3.78. The SMILES string of the molecule is CNC(=O)CCN(C)Cc1ccc(NN)nc1. The van der Waals surface area contributed by atoms with Crippen LogP contribution in [0.25, 0.3) is 0 Å². The molecule has 0 unspecified atom stereocenters. The van der Waals surface area contributed by atoms with Crippen molar-refractivity contribution in [3.8, 4) is 0 Å². The number of hydrazine groups is 1. The van der Waals surface area contributed by atoms with Gasteiger partial charge in [-0.2, -0.15) is 0 Å². The van der Waals surface area contributed by atoms with Crippen molar-refractivity contribution in [2.45, 2.75) is 13.0 Å². The van der Waals surface area contributed by atoms with E-state index in [1.54, 1.807) is 13.2 Å². The topological polar surface area (TPSA) is 83.3 Å². The lowest BCUT2D eigenvalue weighted by Gasteiger charge is -2.15. The lowest BCUT2D eigenvalue weighted by Crippen LogP contribution is -2.26. The number of pyridine rings is 1. The second kappa shape index (κ2) is 6.82. The molecule has 0 bridgehead atoms. The van der Waals surface area contributed by atoms with Crippen LogP contribution in [-0.2, 0) is 11.3 Å². The van der Waals surface area contributed by atoms with Crippen molar-refractivity contribution in [3.05, 3.63) is 23.9 Å². The summed E-state index contributed by atoms with van der Waals surface area (Å²) in [4.78, 5) is 17.3. The molecule has 0 aromatic carbocycles. The zero-order chi connectivity index (χ0) is 12.7. The molecule has 1 heterocycles. The Hall–Kier alpha value is -1.66. The van der Waals surface area contributed by atoms with E-state index in [1.165, 1.54) is 0 Å². The highest BCUT2D eigenvalue weighted by molar-refractivity contribution is 5.75. The number of hydrogen-bond donors (Lipinski definition) is 3. The van der Waals surface area contributed by atoms with E-state index in [9.17, 15) is 4.79 Å². The Morgan fingerprint density at radius 2 is 2.29 bits per heavy atom. The zero-order valence-corrected chi connectivity index (χ0v) is 10.2. The van der Waals surface area contributed by atoms with Crippen molar-refractivity contribution in [1.82, 2.24) is 15.2 Å². The highest BCUT2D eigenvalue weighted by Gasteiger charge is 2.04. The van der Waals surface area contributed by atoms with Crippen molar-refractivity contribution in [2.75, 3.05) is 26.1 Å². The third kappa shape index (κ3) is 4.80. The van der Waals surface area contributed by atoms with Gasteiger partial charge in [-0.05, 0) is 18.7 Å².